The summed E-state index contributed by atoms with van der Waals surface area (Å²) < 4.78 is 24.3. The summed E-state index contributed by atoms with van der Waals surface area (Å²) in [5.74, 6) is -0.857. The number of fused-ring (bicyclic) bond motifs is 1. The molecule has 0 aliphatic heterocycles. The van der Waals surface area contributed by atoms with Crippen molar-refractivity contribution in [1.82, 2.24) is 0 Å². The molecule has 1 heterocycles. The number of carbonyl (C=O) groups is 2. The molecule has 26 heavy (non-hydrogen) atoms. The predicted octanol–water partition coefficient (Wildman–Crippen LogP) is 4.23. The lowest BCUT2D eigenvalue weighted by Gasteiger charge is -2.13. The maximum Gasteiger partial charge on any atom is 0.349 e. The number of nitrogens with one attached hydrogen (secondary N) is 1. The van der Waals surface area contributed by atoms with E-state index in [0.717, 1.165) is 4.70 Å². The standard InChI is InChI=1S/C19H16FNO4S/c1-11(18(22)21-14-4-3-5-15(10-14)24-2)25-19(23)17-9-12-8-13(20)6-7-16(12)26-17/h3-11H,1-2H3,(H,21,22)/t11-/m0/s1. The van der Waals surface area contributed by atoms with Gasteiger partial charge in [-0.25, -0.2) is 9.18 Å². The number of halogens is 1. The predicted molar refractivity (Wildman–Crippen MR) is 98.3 cm³/mol. The molecule has 0 bridgehead atoms. The van der Waals surface area contributed by atoms with Crippen LogP contribution in [0, 0.1) is 5.82 Å². The number of hydrogen-bond acceptors (Lipinski definition) is 5. The fourth-order valence-electron chi connectivity index (χ4n) is 2.33. The number of hydrogen-bond donors (Lipinski definition) is 1. The van der Waals surface area contributed by atoms with Crippen LogP contribution in [0.1, 0.15) is 16.6 Å². The molecule has 0 radical (unpaired) electrons. The van der Waals surface area contributed by atoms with Crippen molar-refractivity contribution in [2.24, 2.45) is 0 Å². The van der Waals surface area contributed by atoms with Crippen LogP contribution in [-0.4, -0.2) is 25.1 Å². The van der Waals surface area contributed by atoms with Gasteiger partial charge in [-0.3, -0.25) is 4.79 Å². The third-order valence-corrected chi connectivity index (χ3v) is 4.77. The molecule has 0 saturated heterocycles. The van der Waals surface area contributed by atoms with Crippen molar-refractivity contribution in [2.45, 2.75) is 13.0 Å². The van der Waals surface area contributed by atoms with E-state index in [1.807, 2.05) is 0 Å². The monoisotopic (exact) mass is 373 g/mol. The van der Waals surface area contributed by atoms with Crippen LogP contribution in [0.5, 0.6) is 5.75 Å². The highest BCUT2D eigenvalue weighted by atomic mass is 32.1. The van der Waals surface area contributed by atoms with Crippen LogP contribution in [0.3, 0.4) is 0 Å². The number of benzene rings is 2. The van der Waals surface area contributed by atoms with Gasteiger partial charge in [-0.15, -0.1) is 11.3 Å². The van der Waals surface area contributed by atoms with Crippen molar-refractivity contribution in [3.63, 3.8) is 0 Å². The normalized spacial score (nSPS) is 11.8. The highest BCUT2D eigenvalue weighted by Gasteiger charge is 2.20. The van der Waals surface area contributed by atoms with Gasteiger partial charge in [-0.2, -0.15) is 0 Å². The third-order valence-electron chi connectivity index (χ3n) is 3.67. The molecular formula is C19H16FNO4S. The number of thiophene rings is 1. The van der Waals surface area contributed by atoms with E-state index in [0.29, 0.717) is 21.7 Å². The smallest absolute Gasteiger partial charge is 0.349 e. The Bertz CT molecular complexity index is 969. The molecule has 2 aromatic carbocycles. The lowest BCUT2D eigenvalue weighted by atomic mass is 10.2. The molecule has 0 fully saturated rings. The lowest BCUT2D eigenvalue weighted by Crippen LogP contribution is -2.29. The Morgan fingerprint density at radius 1 is 1.15 bits per heavy atom. The van der Waals surface area contributed by atoms with E-state index >= 15 is 0 Å². The molecule has 1 N–H and O–H groups in total. The number of anilines is 1. The zero-order chi connectivity index (χ0) is 18.7. The zero-order valence-corrected chi connectivity index (χ0v) is 14.9. The number of amides is 1. The third kappa shape index (κ3) is 4.00. The minimum Gasteiger partial charge on any atom is -0.497 e. The summed E-state index contributed by atoms with van der Waals surface area (Å²) >= 11 is 1.19. The fourth-order valence-corrected chi connectivity index (χ4v) is 3.26. The van der Waals surface area contributed by atoms with Crippen molar-refractivity contribution in [2.75, 3.05) is 12.4 Å². The molecular weight excluding hydrogens is 357 g/mol. The van der Waals surface area contributed by atoms with Crippen LogP contribution < -0.4 is 10.1 Å². The second kappa shape index (κ2) is 7.53. The summed E-state index contributed by atoms with van der Waals surface area (Å²) in [5.41, 5.74) is 0.537. The van der Waals surface area contributed by atoms with E-state index in [1.54, 1.807) is 36.4 Å². The first kappa shape index (κ1) is 17.9. The Kier molecular flexibility index (Phi) is 5.18. The molecule has 7 heteroatoms. The van der Waals surface area contributed by atoms with Crippen LogP contribution in [-0.2, 0) is 9.53 Å². The van der Waals surface area contributed by atoms with Gasteiger partial charge in [-0.1, -0.05) is 6.07 Å². The quantitative estimate of drug-likeness (QED) is 0.680. The Balaban J connectivity index is 1.66. The number of rotatable bonds is 5. The Labute approximate surface area is 153 Å². The van der Waals surface area contributed by atoms with Crippen molar-refractivity contribution >= 4 is 39.0 Å². The first-order chi connectivity index (χ1) is 12.5. The first-order valence-corrected chi connectivity index (χ1v) is 8.63. The second-order valence-corrected chi connectivity index (χ2v) is 6.65. The Morgan fingerprint density at radius 3 is 2.73 bits per heavy atom. The molecule has 0 saturated carbocycles. The SMILES string of the molecule is COc1cccc(NC(=O)[C@H](C)OC(=O)c2cc3cc(F)ccc3s2)c1. The van der Waals surface area contributed by atoms with E-state index in [1.165, 1.54) is 37.5 Å². The van der Waals surface area contributed by atoms with Crippen molar-refractivity contribution in [3.8, 4) is 5.75 Å². The Morgan fingerprint density at radius 2 is 1.96 bits per heavy atom. The summed E-state index contributed by atoms with van der Waals surface area (Å²) in [6.45, 7) is 1.49. The summed E-state index contributed by atoms with van der Waals surface area (Å²) in [5, 5.41) is 3.29. The van der Waals surface area contributed by atoms with Gasteiger partial charge in [0.05, 0.1) is 7.11 Å². The maximum atomic E-state index is 13.3. The first-order valence-electron chi connectivity index (χ1n) is 7.81. The van der Waals surface area contributed by atoms with E-state index < -0.39 is 18.0 Å². The van der Waals surface area contributed by atoms with Gasteiger partial charge in [0.25, 0.3) is 5.91 Å². The summed E-state index contributed by atoms with van der Waals surface area (Å²) in [7, 11) is 1.53. The van der Waals surface area contributed by atoms with E-state index in [-0.39, 0.29) is 5.82 Å². The van der Waals surface area contributed by atoms with E-state index in [2.05, 4.69) is 5.32 Å². The van der Waals surface area contributed by atoms with Crippen LogP contribution in [0.2, 0.25) is 0 Å². The molecule has 1 amide bonds. The molecule has 5 nitrogen and oxygen atoms in total. The second-order valence-electron chi connectivity index (χ2n) is 5.56. The van der Waals surface area contributed by atoms with E-state index in [9.17, 15) is 14.0 Å². The summed E-state index contributed by atoms with van der Waals surface area (Å²) in [6.07, 6.45) is -0.990. The lowest BCUT2D eigenvalue weighted by molar-refractivity contribution is -0.123. The molecule has 3 aromatic rings. The van der Waals surface area contributed by atoms with Crippen molar-refractivity contribution < 1.29 is 23.5 Å². The number of ether oxygens (including phenoxy) is 2. The molecule has 0 unspecified atom stereocenters. The highest BCUT2D eigenvalue weighted by molar-refractivity contribution is 7.20. The van der Waals surface area contributed by atoms with Gasteiger partial charge in [0, 0.05) is 16.5 Å². The fraction of sp³-hybridized carbons (Fsp3) is 0.158. The van der Waals surface area contributed by atoms with Crippen LogP contribution >= 0.6 is 11.3 Å². The average Bonchev–Trinajstić information content (AvgIpc) is 3.05. The van der Waals surface area contributed by atoms with Crippen LogP contribution in [0.15, 0.2) is 48.5 Å². The van der Waals surface area contributed by atoms with Crippen LogP contribution in [0.4, 0.5) is 10.1 Å². The minimum absolute atomic E-state index is 0.312. The minimum atomic E-state index is -0.990. The van der Waals surface area contributed by atoms with Gasteiger partial charge in [0.15, 0.2) is 6.10 Å². The van der Waals surface area contributed by atoms with Crippen molar-refractivity contribution in [3.05, 3.63) is 59.2 Å². The summed E-state index contributed by atoms with van der Waals surface area (Å²) in [4.78, 5) is 24.8. The molecule has 134 valence electrons. The number of methoxy groups -OCH3 is 1. The molecule has 1 aromatic heterocycles. The average molecular weight is 373 g/mol. The van der Waals surface area contributed by atoms with E-state index in [4.69, 9.17) is 9.47 Å². The van der Waals surface area contributed by atoms with Gasteiger partial charge in [-0.05, 0) is 48.7 Å². The zero-order valence-electron chi connectivity index (χ0n) is 14.1. The Hall–Kier alpha value is -2.93. The molecule has 3 rings (SSSR count). The van der Waals surface area contributed by atoms with Gasteiger partial charge in [0.1, 0.15) is 16.4 Å². The molecule has 0 aliphatic carbocycles. The number of carbonyl (C=O) groups excluding carboxylic acids is 2. The molecule has 1 atom stereocenters. The topological polar surface area (TPSA) is 64.6 Å². The highest BCUT2D eigenvalue weighted by Crippen LogP contribution is 2.27. The molecule has 0 spiro atoms. The van der Waals surface area contributed by atoms with Crippen molar-refractivity contribution in [1.29, 1.82) is 0 Å². The van der Waals surface area contributed by atoms with Gasteiger partial charge in [0.2, 0.25) is 0 Å². The van der Waals surface area contributed by atoms with Gasteiger partial charge < -0.3 is 14.8 Å². The number of esters is 1. The largest absolute Gasteiger partial charge is 0.497 e. The van der Waals surface area contributed by atoms with Crippen LogP contribution in [0.25, 0.3) is 10.1 Å². The summed E-state index contributed by atoms with van der Waals surface area (Å²) in [6, 6.07) is 12.7. The van der Waals surface area contributed by atoms with Gasteiger partial charge >= 0.3 is 5.97 Å². The molecule has 0 aliphatic rings. The maximum absolute atomic E-state index is 13.3.